The summed E-state index contributed by atoms with van der Waals surface area (Å²) in [4.78, 5) is 26.0. The van der Waals surface area contributed by atoms with Gasteiger partial charge in [0.05, 0.1) is 10.4 Å². The molecule has 0 aliphatic carbocycles. The van der Waals surface area contributed by atoms with Crippen molar-refractivity contribution in [1.29, 1.82) is 0 Å². The summed E-state index contributed by atoms with van der Waals surface area (Å²) in [6.45, 7) is 3.60. The van der Waals surface area contributed by atoms with E-state index < -0.39 is 5.43 Å². The summed E-state index contributed by atoms with van der Waals surface area (Å²) in [5, 5.41) is 0.703. The highest BCUT2D eigenvalue weighted by atomic mass is 35.5. The molecule has 4 nitrogen and oxygen atoms in total. The van der Waals surface area contributed by atoms with Gasteiger partial charge in [0.15, 0.2) is 23.7 Å². The molecule has 1 aromatic heterocycles. The Balaban J connectivity index is 1.80. The number of ketones is 1. The maximum absolute atomic E-state index is 13.3. The second-order valence-electron chi connectivity index (χ2n) is 7.23. The van der Waals surface area contributed by atoms with Crippen molar-refractivity contribution in [2.24, 2.45) is 0 Å². The maximum atomic E-state index is 13.3. The number of hydrogen-bond donors (Lipinski definition) is 0. The van der Waals surface area contributed by atoms with Gasteiger partial charge in [-0.05, 0) is 43.2 Å². The van der Waals surface area contributed by atoms with Crippen LogP contribution in [-0.4, -0.2) is 12.4 Å². The Morgan fingerprint density at radius 3 is 2.42 bits per heavy atom. The third-order valence-electron chi connectivity index (χ3n) is 5.08. The number of benzene rings is 3. The molecular weight excluding hydrogens is 435 g/mol. The van der Waals surface area contributed by atoms with Crippen LogP contribution in [0.2, 0.25) is 10.0 Å². The molecular formula is C25H18Cl2O4. The fourth-order valence-electron chi connectivity index (χ4n) is 3.25. The normalized spacial score (nSPS) is 11.0. The van der Waals surface area contributed by atoms with Crippen molar-refractivity contribution < 1.29 is 13.9 Å². The van der Waals surface area contributed by atoms with Gasteiger partial charge in [-0.1, -0.05) is 65.7 Å². The van der Waals surface area contributed by atoms with Crippen molar-refractivity contribution in [2.75, 3.05) is 6.61 Å². The lowest BCUT2D eigenvalue weighted by Crippen LogP contribution is -2.17. The van der Waals surface area contributed by atoms with E-state index in [1.807, 2.05) is 44.2 Å². The van der Waals surface area contributed by atoms with Crippen molar-refractivity contribution in [1.82, 2.24) is 0 Å². The Morgan fingerprint density at radius 2 is 1.71 bits per heavy atom. The molecule has 0 atom stereocenters. The van der Waals surface area contributed by atoms with E-state index in [9.17, 15) is 9.59 Å². The van der Waals surface area contributed by atoms with Crippen molar-refractivity contribution in [3.63, 3.8) is 0 Å². The minimum Gasteiger partial charge on any atom is -0.478 e. The number of ether oxygens (including phenoxy) is 1. The van der Waals surface area contributed by atoms with E-state index in [0.717, 1.165) is 11.1 Å². The Bertz CT molecular complexity index is 1360. The molecule has 0 amide bonds. The molecule has 0 spiro atoms. The minimum absolute atomic E-state index is 0.0609. The summed E-state index contributed by atoms with van der Waals surface area (Å²) in [6, 6.07) is 17.5. The van der Waals surface area contributed by atoms with Crippen LogP contribution >= 0.6 is 23.2 Å². The zero-order valence-corrected chi connectivity index (χ0v) is 18.4. The number of rotatable bonds is 5. The molecule has 0 saturated heterocycles. The van der Waals surface area contributed by atoms with E-state index in [4.69, 9.17) is 32.4 Å². The number of Topliss-reactive ketones (excluding diaryl/α,β-unsaturated/α-hetero) is 1. The third-order valence-corrected chi connectivity index (χ3v) is 5.58. The van der Waals surface area contributed by atoms with Gasteiger partial charge in [0.2, 0.25) is 11.2 Å². The monoisotopic (exact) mass is 452 g/mol. The fourth-order valence-corrected chi connectivity index (χ4v) is 3.79. The van der Waals surface area contributed by atoms with E-state index in [1.165, 1.54) is 12.1 Å². The second-order valence-corrected chi connectivity index (χ2v) is 8.07. The van der Waals surface area contributed by atoms with Crippen molar-refractivity contribution in [2.45, 2.75) is 13.8 Å². The first kappa shape index (κ1) is 21.2. The quantitative estimate of drug-likeness (QED) is 0.318. The summed E-state index contributed by atoms with van der Waals surface area (Å²) in [5.74, 6) is -0.102. The first-order valence-electron chi connectivity index (χ1n) is 9.59. The van der Waals surface area contributed by atoms with Gasteiger partial charge in [-0.2, -0.15) is 0 Å². The van der Waals surface area contributed by atoms with E-state index in [-0.39, 0.29) is 39.9 Å². The van der Waals surface area contributed by atoms with Crippen LogP contribution in [0.15, 0.2) is 69.9 Å². The zero-order chi connectivity index (χ0) is 22.1. The molecule has 31 heavy (non-hydrogen) atoms. The standard InChI is InChI=1S/C25H18Cl2O4/c1-14-8-9-17(10-15(14)2)21(28)13-30-25-22(29)19-11-18(26)12-20(27)24(19)31-23(25)16-6-4-3-5-7-16/h3-12H,13H2,1-2H3. The highest BCUT2D eigenvalue weighted by Gasteiger charge is 2.21. The van der Waals surface area contributed by atoms with Crippen molar-refractivity contribution in [3.05, 3.63) is 97.6 Å². The Labute approximate surface area is 189 Å². The van der Waals surface area contributed by atoms with Gasteiger partial charge < -0.3 is 9.15 Å². The summed E-state index contributed by atoms with van der Waals surface area (Å²) in [6.07, 6.45) is 0. The molecule has 0 N–H and O–H groups in total. The molecule has 0 radical (unpaired) electrons. The van der Waals surface area contributed by atoms with Gasteiger partial charge in [-0.25, -0.2) is 0 Å². The molecule has 0 bridgehead atoms. The molecule has 6 heteroatoms. The number of hydrogen-bond acceptors (Lipinski definition) is 4. The Hall–Kier alpha value is -3.08. The number of carbonyl (C=O) groups is 1. The fraction of sp³-hybridized carbons (Fsp3) is 0.120. The van der Waals surface area contributed by atoms with Crippen LogP contribution in [0, 0.1) is 13.8 Å². The predicted octanol–water partition coefficient (Wildman–Crippen LogP) is 6.65. The molecule has 4 aromatic rings. The lowest BCUT2D eigenvalue weighted by Gasteiger charge is -2.12. The van der Waals surface area contributed by atoms with Crippen LogP contribution < -0.4 is 10.2 Å². The molecule has 1 heterocycles. The van der Waals surface area contributed by atoms with Crippen LogP contribution in [0.1, 0.15) is 21.5 Å². The van der Waals surface area contributed by atoms with Gasteiger partial charge in [0.25, 0.3) is 0 Å². The molecule has 0 aliphatic heterocycles. The lowest BCUT2D eigenvalue weighted by molar-refractivity contribution is 0.0920. The Morgan fingerprint density at radius 1 is 0.968 bits per heavy atom. The van der Waals surface area contributed by atoms with E-state index in [2.05, 4.69) is 0 Å². The minimum atomic E-state index is -0.447. The molecule has 0 fully saturated rings. The van der Waals surface area contributed by atoms with Crippen LogP contribution in [0.5, 0.6) is 5.75 Å². The molecule has 0 unspecified atom stereocenters. The number of aryl methyl sites for hydroxylation is 2. The first-order valence-corrected chi connectivity index (χ1v) is 10.4. The molecule has 0 saturated carbocycles. The zero-order valence-electron chi connectivity index (χ0n) is 16.9. The third kappa shape index (κ3) is 4.22. The highest BCUT2D eigenvalue weighted by molar-refractivity contribution is 6.38. The topological polar surface area (TPSA) is 56.5 Å². The van der Waals surface area contributed by atoms with Crippen molar-refractivity contribution in [3.8, 4) is 17.1 Å². The van der Waals surface area contributed by atoms with E-state index >= 15 is 0 Å². The number of halogens is 2. The van der Waals surface area contributed by atoms with Crippen LogP contribution in [0.4, 0.5) is 0 Å². The molecule has 4 rings (SSSR count). The highest BCUT2D eigenvalue weighted by Crippen LogP contribution is 2.35. The number of fused-ring (bicyclic) bond motifs is 1. The second kappa shape index (κ2) is 8.58. The summed E-state index contributed by atoms with van der Waals surface area (Å²) in [7, 11) is 0. The first-order chi connectivity index (χ1) is 14.8. The Kier molecular flexibility index (Phi) is 5.86. The largest absolute Gasteiger partial charge is 0.478 e. The molecule has 3 aromatic carbocycles. The summed E-state index contributed by atoms with van der Waals surface area (Å²) in [5.41, 5.74) is 3.00. The van der Waals surface area contributed by atoms with Gasteiger partial charge >= 0.3 is 0 Å². The van der Waals surface area contributed by atoms with Gasteiger partial charge in [-0.3, -0.25) is 9.59 Å². The van der Waals surface area contributed by atoms with Crippen LogP contribution in [-0.2, 0) is 0 Å². The van der Waals surface area contributed by atoms with E-state index in [1.54, 1.807) is 18.2 Å². The summed E-state index contributed by atoms with van der Waals surface area (Å²) >= 11 is 12.3. The van der Waals surface area contributed by atoms with Crippen molar-refractivity contribution >= 4 is 40.0 Å². The average molecular weight is 453 g/mol. The smallest absolute Gasteiger partial charge is 0.235 e. The lowest BCUT2D eigenvalue weighted by atomic mass is 10.0. The van der Waals surface area contributed by atoms with Gasteiger partial charge in [0, 0.05) is 16.1 Å². The maximum Gasteiger partial charge on any atom is 0.235 e. The predicted molar refractivity (Wildman–Crippen MR) is 124 cm³/mol. The van der Waals surface area contributed by atoms with E-state index in [0.29, 0.717) is 16.1 Å². The molecule has 0 aliphatic rings. The number of carbonyl (C=O) groups excluding carboxylic acids is 1. The SMILES string of the molecule is Cc1ccc(C(=O)COc2c(-c3ccccc3)oc3c(Cl)cc(Cl)cc3c2=O)cc1C. The molecule has 156 valence electrons. The van der Waals surface area contributed by atoms with Gasteiger partial charge in [-0.15, -0.1) is 0 Å². The summed E-state index contributed by atoms with van der Waals surface area (Å²) < 4.78 is 11.7. The average Bonchev–Trinajstić information content (AvgIpc) is 2.75. The van der Waals surface area contributed by atoms with Crippen LogP contribution in [0.25, 0.3) is 22.3 Å². The van der Waals surface area contributed by atoms with Gasteiger partial charge in [0.1, 0.15) is 0 Å². The van der Waals surface area contributed by atoms with Crippen LogP contribution in [0.3, 0.4) is 0 Å².